The SMILES string of the molecule is CC(C)(C)OC(=O)N1CCN(c2nsnc2C(=O)O)CC1. The third-order valence-electron chi connectivity index (χ3n) is 2.90. The summed E-state index contributed by atoms with van der Waals surface area (Å²) in [7, 11) is 0. The first-order valence-electron chi connectivity index (χ1n) is 6.56. The van der Waals surface area contributed by atoms with Crippen molar-refractivity contribution < 1.29 is 19.4 Å². The molecule has 1 aromatic heterocycles. The Bertz CT molecular complexity index is 532. The number of aromatic nitrogens is 2. The molecule has 1 fully saturated rings. The van der Waals surface area contributed by atoms with Crippen molar-refractivity contribution in [1.82, 2.24) is 13.6 Å². The molecule has 116 valence electrons. The summed E-state index contributed by atoms with van der Waals surface area (Å²) in [5.74, 6) is -0.718. The number of rotatable bonds is 2. The van der Waals surface area contributed by atoms with E-state index in [1.807, 2.05) is 25.7 Å². The fraction of sp³-hybridized carbons (Fsp3) is 0.667. The molecule has 0 aromatic carbocycles. The molecule has 0 radical (unpaired) electrons. The molecule has 1 saturated heterocycles. The monoisotopic (exact) mass is 314 g/mol. The van der Waals surface area contributed by atoms with E-state index in [0.29, 0.717) is 32.0 Å². The Morgan fingerprint density at radius 3 is 2.33 bits per heavy atom. The van der Waals surface area contributed by atoms with Gasteiger partial charge in [0.2, 0.25) is 5.69 Å². The Labute approximate surface area is 126 Å². The first kappa shape index (κ1) is 15.5. The molecule has 0 bridgehead atoms. The third-order valence-corrected chi connectivity index (χ3v) is 3.42. The predicted octanol–water partition coefficient (Wildman–Crippen LogP) is 1.29. The quantitative estimate of drug-likeness (QED) is 0.878. The van der Waals surface area contributed by atoms with Crippen LogP contribution in [-0.4, -0.2) is 62.6 Å². The van der Waals surface area contributed by atoms with Crippen molar-refractivity contribution in [3.63, 3.8) is 0 Å². The number of carboxylic acids is 1. The number of hydrogen-bond donors (Lipinski definition) is 1. The van der Waals surface area contributed by atoms with Gasteiger partial charge < -0.3 is 19.6 Å². The maximum absolute atomic E-state index is 11.9. The minimum absolute atomic E-state index is 0.0364. The van der Waals surface area contributed by atoms with Gasteiger partial charge in [-0.15, -0.1) is 0 Å². The Morgan fingerprint density at radius 1 is 1.19 bits per heavy atom. The topological polar surface area (TPSA) is 95.9 Å². The molecule has 0 unspecified atom stereocenters. The highest BCUT2D eigenvalue weighted by molar-refractivity contribution is 6.99. The third kappa shape index (κ3) is 3.81. The Hall–Kier alpha value is -1.90. The van der Waals surface area contributed by atoms with Crippen molar-refractivity contribution in [3.8, 4) is 0 Å². The minimum atomic E-state index is -1.09. The number of carboxylic acid groups (broad SMARTS) is 1. The van der Waals surface area contributed by atoms with E-state index in [-0.39, 0.29) is 11.8 Å². The highest BCUT2D eigenvalue weighted by Gasteiger charge is 2.29. The van der Waals surface area contributed by atoms with Crippen LogP contribution in [-0.2, 0) is 4.74 Å². The van der Waals surface area contributed by atoms with E-state index in [0.717, 1.165) is 11.7 Å². The summed E-state index contributed by atoms with van der Waals surface area (Å²) >= 11 is 0.875. The van der Waals surface area contributed by atoms with Gasteiger partial charge in [0.1, 0.15) is 5.60 Å². The Kier molecular flexibility index (Phi) is 4.31. The molecule has 2 rings (SSSR count). The molecule has 1 amide bonds. The van der Waals surface area contributed by atoms with Crippen LogP contribution in [0, 0.1) is 0 Å². The maximum Gasteiger partial charge on any atom is 0.410 e. The summed E-state index contributed by atoms with van der Waals surface area (Å²) in [5, 5.41) is 9.05. The molecule has 1 aliphatic rings. The standard InChI is InChI=1S/C12H18N4O4S/c1-12(2,3)20-11(19)16-6-4-15(5-7-16)9-8(10(17)18)13-21-14-9/h4-7H2,1-3H3,(H,17,18). The molecule has 1 N–H and O–H groups in total. The van der Waals surface area contributed by atoms with Crippen molar-refractivity contribution in [2.75, 3.05) is 31.1 Å². The van der Waals surface area contributed by atoms with Crippen molar-refractivity contribution >= 4 is 29.6 Å². The number of carbonyl (C=O) groups is 2. The van der Waals surface area contributed by atoms with Gasteiger partial charge in [-0.3, -0.25) is 0 Å². The number of piperazine rings is 1. The summed E-state index contributed by atoms with van der Waals surface area (Å²) in [6.07, 6.45) is -0.350. The van der Waals surface area contributed by atoms with Crippen LogP contribution < -0.4 is 4.90 Å². The molecular formula is C12H18N4O4S. The molecule has 0 atom stereocenters. The van der Waals surface area contributed by atoms with Gasteiger partial charge in [0.25, 0.3) is 0 Å². The van der Waals surface area contributed by atoms with Gasteiger partial charge in [-0.05, 0) is 20.8 Å². The predicted molar refractivity (Wildman–Crippen MR) is 76.9 cm³/mol. The lowest BCUT2D eigenvalue weighted by atomic mass is 10.2. The largest absolute Gasteiger partial charge is 0.476 e. The van der Waals surface area contributed by atoms with E-state index >= 15 is 0 Å². The van der Waals surface area contributed by atoms with Crippen LogP contribution in [0.15, 0.2) is 0 Å². The van der Waals surface area contributed by atoms with E-state index < -0.39 is 11.6 Å². The second-order valence-electron chi connectivity index (χ2n) is 5.70. The average Bonchev–Trinajstić information content (AvgIpc) is 2.86. The van der Waals surface area contributed by atoms with Gasteiger partial charge >= 0.3 is 12.1 Å². The number of nitrogens with zero attached hydrogens (tertiary/aromatic N) is 4. The molecule has 0 saturated carbocycles. The molecule has 1 aromatic rings. The molecule has 1 aliphatic heterocycles. The lowest BCUT2D eigenvalue weighted by Gasteiger charge is -2.35. The number of carbonyl (C=O) groups excluding carboxylic acids is 1. The maximum atomic E-state index is 11.9. The zero-order valence-corrected chi connectivity index (χ0v) is 13.0. The Morgan fingerprint density at radius 2 is 1.81 bits per heavy atom. The van der Waals surface area contributed by atoms with Crippen LogP contribution in [0.25, 0.3) is 0 Å². The minimum Gasteiger partial charge on any atom is -0.476 e. The van der Waals surface area contributed by atoms with Crippen LogP contribution >= 0.6 is 11.7 Å². The summed E-state index contributed by atoms with van der Waals surface area (Å²) in [5.41, 5.74) is -0.561. The summed E-state index contributed by atoms with van der Waals surface area (Å²) in [4.78, 5) is 26.4. The fourth-order valence-electron chi connectivity index (χ4n) is 1.95. The van der Waals surface area contributed by atoms with Crippen molar-refractivity contribution in [2.45, 2.75) is 26.4 Å². The van der Waals surface area contributed by atoms with Gasteiger partial charge in [0.05, 0.1) is 11.7 Å². The van der Waals surface area contributed by atoms with Crippen LogP contribution in [0.1, 0.15) is 31.3 Å². The highest BCUT2D eigenvalue weighted by atomic mass is 32.1. The van der Waals surface area contributed by atoms with Gasteiger partial charge in [0, 0.05) is 26.2 Å². The van der Waals surface area contributed by atoms with Crippen LogP contribution in [0.5, 0.6) is 0 Å². The smallest absolute Gasteiger partial charge is 0.410 e. The highest BCUT2D eigenvalue weighted by Crippen LogP contribution is 2.20. The van der Waals surface area contributed by atoms with Gasteiger partial charge in [0.15, 0.2) is 5.82 Å². The van der Waals surface area contributed by atoms with E-state index in [1.165, 1.54) is 0 Å². The second kappa shape index (κ2) is 5.84. The first-order chi connectivity index (χ1) is 9.78. The fourth-order valence-corrected chi connectivity index (χ4v) is 2.51. The van der Waals surface area contributed by atoms with Crippen molar-refractivity contribution in [1.29, 1.82) is 0 Å². The Balaban J connectivity index is 1.96. The summed E-state index contributed by atoms with van der Waals surface area (Å²) in [6, 6.07) is 0. The van der Waals surface area contributed by atoms with Gasteiger partial charge in [-0.25, -0.2) is 9.59 Å². The van der Waals surface area contributed by atoms with E-state index in [4.69, 9.17) is 9.84 Å². The summed E-state index contributed by atoms with van der Waals surface area (Å²) in [6.45, 7) is 7.40. The molecule has 8 nitrogen and oxygen atoms in total. The molecule has 9 heteroatoms. The molecule has 0 spiro atoms. The van der Waals surface area contributed by atoms with E-state index in [1.54, 1.807) is 4.90 Å². The first-order valence-corrected chi connectivity index (χ1v) is 7.29. The van der Waals surface area contributed by atoms with Crippen molar-refractivity contribution in [3.05, 3.63) is 5.69 Å². The van der Waals surface area contributed by atoms with Gasteiger partial charge in [-0.1, -0.05) is 0 Å². The van der Waals surface area contributed by atoms with E-state index in [2.05, 4.69) is 8.75 Å². The summed E-state index contributed by atoms with van der Waals surface area (Å²) < 4.78 is 13.1. The number of amides is 1. The van der Waals surface area contributed by atoms with E-state index in [9.17, 15) is 9.59 Å². The zero-order valence-electron chi connectivity index (χ0n) is 12.2. The number of anilines is 1. The lowest BCUT2D eigenvalue weighted by Crippen LogP contribution is -2.50. The molecular weight excluding hydrogens is 296 g/mol. The van der Waals surface area contributed by atoms with Gasteiger partial charge in [-0.2, -0.15) is 8.75 Å². The lowest BCUT2D eigenvalue weighted by molar-refractivity contribution is 0.0239. The number of aromatic carboxylic acids is 1. The normalized spacial score (nSPS) is 16.0. The molecule has 0 aliphatic carbocycles. The number of ether oxygens (including phenoxy) is 1. The van der Waals surface area contributed by atoms with Crippen LogP contribution in [0.2, 0.25) is 0 Å². The second-order valence-corrected chi connectivity index (χ2v) is 6.22. The zero-order chi connectivity index (χ0) is 15.6. The molecule has 2 heterocycles. The number of hydrogen-bond acceptors (Lipinski definition) is 7. The van der Waals surface area contributed by atoms with Crippen LogP contribution in [0.3, 0.4) is 0 Å². The average molecular weight is 314 g/mol. The van der Waals surface area contributed by atoms with Crippen molar-refractivity contribution in [2.24, 2.45) is 0 Å². The molecule has 21 heavy (non-hydrogen) atoms. The van der Waals surface area contributed by atoms with Crippen LogP contribution in [0.4, 0.5) is 10.6 Å².